The first-order valence-electron chi connectivity index (χ1n) is 4.15. The molecule has 1 aliphatic carbocycles. The van der Waals surface area contributed by atoms with Crippen LogP contribution in [-0.2, 0) is 0 Å². The van der Waals surface area contributed by atoms with Crippen LogP contribution in [0.4, 0.5) is 0 Å². The molecule has 0 aromatic heterocycles. The van der Waals surface area contributed by atoms with E-state index in [-0.39, 0.29) is 12.2 Å². The van der Waals surface area contributed by atoms with Crippen LogP contribution in [0.15, 0.2) is 0 Å². The fraction of sp³-hybridized carbons (Fsp3) is 1.00. The molecule has 0 aromatic carbocycles. The second kappa shape index (κ2) is 5.69. The van der Waals surface area contributed by atoms with E-state index in [1.807, 2.05) is 13.8 Å². The minimum absolute atomic E-state index is 0.237. The van der Waals surface area contributed by atoms with Gasteiger partial charge in [-0.1, -0.05) is 13.8 Å². The van der Waals surface area contributed by atoms with Crippen LogP contribution in [0.25, 0.3) is 0 Å². The molecule has 0 aromatic rings. The highest BCUT2D eigenvalue weighted by molar-refractivity contribution is 4.69. The summed E-state index contributed by atoms with van der Waals surface area (Å²) in [6.45, 7) is 4.00. The molecule has 2 heteroatoms. The molecule has 2 unspecified atom stereocenters. The Bertz CT molecular complexity index is 65.7. The monoisotopic (exact) mass is 146 g/mol. The van der Waals surface area contributed by atoms with Gasteiger partial charge in [0.15, 0.2) is 0 Å². The maximum Gasteiger partial charge on any atom is 0.0564 e. The molecule has 2 atom stereocenters. The first kappa shape index (κ1) is 9.92. The summed E-state index contributed by atoms with van der Waals surface area (Å²) in [7, 11) is 0. The van der Waals surface area contributed by atoms with E-state index in [2.05, 4.69) is 0 Å². The molecule has 0 amide bonds. The number of hydrogen-bond acceptors (Lipinski definition) is 2. The van der Waals surface area contributed by atoms with Crippen LogP contribution < -0.4 is 0 Å². The summed E-state index contributed by atoms with van der Waals surface area (Å²) in [5.74, 6) is 0. The van der Waals surface area contributed by atoms with Crippen molar-refractivity contribution < 1.29 is 10.2 Å². The molecule has 0 aliphatic heterocycles. The van der Waals surface area contributed by atoms with Crippen LogP contribution in [0.5, 0.6) is 0 Å². The zero-order valence-corrected chi connectivity index (χ0v) is 6.88. The van der Waals surface area contributed by atoms with Gasteiger partial charge in [0.05, 0.1) is 12.2 Å². The molecule has 0 bridgehead atoms. The van der Waals surface area contributed by atoms with Gasteiger partial charge in [-0.05, 0) is 25.7 Å². The Morgan fingerprint density at radius 3 is 1.60 bits per heavy atom. The van der Waals surface area contributed by atoms with Crippen molar-refractivity contribution in [2.75, 3.05) is 0 Å². The van der Waals surface area contributed by atoms with Crippen molar-refractivity contribution in [2.45, 2.75) is 51.7 Å². The van der Waals surface area contributed by atoms with E-state index in [1.54, 1.807) is 0 Å². The molecule has 0 spiro atoms. The normalized spacial score (nSPS) is 32.4. The fourth-order valence-corrected chi connectivity index (χ4v) is 1.14. The lowest BCUT2D eigenvalue weighted by molar-refractivity contribution is 0.0406. The van der Waals surface area contributed by atoms with Crippen molar-refractivity contribution in [1.82, 2.24) is 0 Å². The third-order valence-corrected chi connectivity index (χ3v) is 1.62. The van der Waals surface area contributed by atoms with Gasteiger partial charge in [0, 0.05) is 0 Å². The Kier molecular flexibility index (Phi) is 5.64. The van der Waals surface area contributed by atoms with Crippen molar-refractivity contribution in [3.05, 3.63) is 0 Å². The van der Waals surface area contributed by atoms with E-state index in [9.17, 15) is 0 Å². The van der Waals surface area contributed by atoms with Crippen LogP contribution in [0.3, 0.4) is 0 Å². The SMILES string of the molecule is CC.OC1CCCC(O)C1. The molecular formula is C8H18O2. The molecule has 1 fully saturated rings. The summed E-state index contributed by atoms with van der Waals surface area (Å²) < 4.78 is 0. The molecule has 2 nitrogen and oxygen atoms in total. The summed E-state index contributed by atoms with van der Waals surface area (Å²) in [5, 5.41) is 17.8. The molecule has 10 heavy (non-hydrogen) atoms. The van der Waals surface area contributed by atoms with Crippen molar-refractivity contribution in [3.8, 4) is 0 Å². The van der Waals surface area contributed by atoms with E-state index < -0.39 is 0 Å². The predicted octanol–water partition coefficient (Wildman–Crippen LogP) is 1.31. The lowest BCUT2D eigenvalue weighted by Gasteiger charge is -2.20. The highest BCUT2D eigenvalue weighted by Gasteiger charge is 2.16. The average Bonchev–Trinajstić information content (AvgIpc) is 1.91. The minimum atomic E-state index is -0.237. The third kappa shape index (κ3) is 3.85. The van der Waals surface area contributed by atoms with Gasteiger partial charge in [-0.25, -0.2) is 0 Å². The number of aliphatic hydroxyl groups excluding tert-OH is 2. The number of hydrogen-bond donors (Lipinski definition) is 2. The summed E-state index contributed by atoms with van der Waals surface area (Å²) in [4.78, 5) is 0. The largest absolute Gasteiger partial charge is 0.393 e. The first-order valence-corrected chi connectivity index (χ1v) is 4.15. The molecule has 0 radical (unpaired) electrons. The lowest BCUT2D eigenvalue weighted by Crippen LogP contribution is -2.22. The summed E-state index contributed by atoms with van der Waals surface area (Å²) in [6.07, 6.45) is 2.83. The van der Waals surface area contributed by atoms with Crippen LogP contribution in [0, 0.1) is 0 Å². The van der Waals surface area contributed by atoms with Crippen molar-refractivity contribution >= 4 is 0 Å². The third-order valence-electron chi connectivity index (χ3n) is 1.62. The van der Waals surface area contributed by atoms with Gasteiger partial charge < -0.3 is 10.2 Å². The highest BCUT2D eigenvalue weighted by atomic mass is 16.3. The van der Waals surface area contributed by atoms with Crippen molar-refractivity contribution in [2.24, 2.45) is 0 Å². The Labute approximate surface area is 62.9 Å². The Morgan fingerprint density at radius 1 is 1.00 bits per heavy atom. The Morgan fingerprint density at radius 2 is 1.40 bits per heavy atom. The maximum absolute atomic E-state index is 8.92. The number of aliphatic hydroxyl groups is 2. The van der Waals surface area contributed by atoms with E-state index in [0.717, 1.165) is 19.3 Å². The molecule has 2 N–H and O–H groups in total. The second-order valence-electron chi connectivity index (χ2n) is 2.47. The standard InChI is InChI=1S/C6H12O2.C2H6/c7-5-2-1-3-6(8)4-5;1-2/h5-8H,1-4H2;1-2H3. The van der Waals surface area contributed by atoms with Gasteiger partial charge in [0.25, 0.3) is 0 Å². The molecule has 62 valence electrons. The molecule has 1 rings (SSSR count). The summed E-state index contributed by atoms with van der Waals surface area (Å²) >= 11 is 0. The summed E-state index contributed by atoms with van der Waals surface area (Å²) in [5.41, 5.74) is 0. The van der Waals surface area contributed by atoms with Gasteiger partial charge >= 0.3 is 0 Å². The van der Waals surface area contributed by atoms with Gasteiger partial charge in [-0.15, -0.1) is 0 Å². The second-order valence-corrected chi connectivity index (χ2v) is 2.47. The zero-order valence-electron chi connectivity index (χ0n) is 6.88. The van der Waals surface area contributed by atoms with Gasteiger partial charge in [0.2, 0.25) is 0 Å². The van der Waals surface area contributed by atoms with Crippen molar-refractivity contribution in [1.29, 1.82) is 0 Å². The van der Waals surface area contributed by atoms with Gasteiger partial charge in [-0.2, -0.15) is 0 Å². The topological polar surface area (TPSA) is 40.5 Å². The van der Waals surface area contributed by atoms with Crippen LogP contribution >= 0.6 is 0 Å². The maximum atomic E-state index is 8.92. The van der Waals surface area contributed by atoms with E-state index in [4.69, 9.17) is 10.2 Å². The molecule has 1 saturated carbocycles. The Hall–Kier alpha value is -0.0800. The smallest absolute Gasteiger partial charge is 0.0564 e. The lowest BCUT2D eigenvalue weighted by atomic mass is 9.95. The minimum Gasteiger partial charge on any atom is -0.393 e. The molecular weight excluding hydrogens is 128 g/mol. The van der Waals surface area contributed by atoms with Crippen LogP contribution in [0.1, 0.15) is 39.5 Å². The molecule has 0 saturated heterocycles. The Balaban J connectivity index is 0.000000371. The highest BCUT2D eigenvalue weighted by Crippen LogP contribution is 2.17. The van der Waals surface area contributed by atoms with E-state index in [1.165, 1.54) is 0 Å². The fourth-order valence-electron chi connectivity index (χ4n) is 1.14. The quantitative estimate of drug-likeness (QED) is 0.541. The van der Waals surface area contributed by atoms with Crippen LogP contribution in [0.2, 0.25) is 0 Å². The number of rotatable bonds is 0. The van der Waals surface area contributed by atoms with Gasteiger partial charge in [-0.3, -0.25) is 0 Å². The predicted molar refractivity (Wildman–Crippen MR) is 41.8 cm³/mol. The zero-order chi connectivity index (χ0) is 7.98. The average molecular weight is 146 g/mol. The van der Waals surface area contributed by atoms with E-state index >= 15 is 0 Å². The van der Waals surface area contributed by atoms with Crippen LogP contribution in [-0.4, -0.2) is 22.4 Å². The molecule has 1 aliphatic rings. The first-order chi connectivity index (χ1) is 4.79. The molecule has 0 heterocycles. The van der Waals surface area contributed by atoms with E-state index in [0.29, 0.717) is 6.42 Å². The van der Waals surface area contributed by atoms with Gasteiger partial charge in [0.1, 0.15) is 0 Å². The van der Waals surface area contributed by atoms with Crippen molar-refractivity contribution in [3.63, 3.8) is 0 Å². The summed E-state index contributed by atoms with van der Waals surface area (Å²) in [6, 6.07) is 0.